The van der Waals surface area contributed by atoms with Crippen LogP contribution in [0.25, 0.3) is 5.76 Å². The normalized spacial score (nSPS) is 13.5. The molecular weight excluding hydrogens is 400 g/mol. The number of esters is 1. The minimum atomic E-state index is -0.960. The van der Waals surface area contributed by atoms with Gasteiger partial charge in [-0.25, -0.2) is 5.06 Å². The molecule has 0 spiro atoms. The topological polar surface area (TPSA) is 108 Å². The van der Waals surface area contributed by atoms with E-state index in [9.17, 15) is 19.9 Å². The van der Waals surface area contributed by atoms with Crippen LogP contribution in [0, 0.1) is 5.41 Å². The first-order valence-electron chi connectivity index (χ1n) is 9.94. The summed E-state index contributed by atoms with van der Waals surface area (Å²) in [4.78, 5) is 24.7. The zero-order chi connectivity index (χ0) is 22.6. The summed E-state index contributed by atoms with van der Waals surface area (Å²) in [7, 11) is 0. The number of carbonyl (C=O) groups is 2. The highest BCUT2D eigenvalue weighted by Gasteiger charge is 2.33. The van der Waals surface area contributed by atoms with Gasteiger partial charge < -0.3 is 19.9 Å². The van der Waals surface area contributed by atoms with Crippen LogP contribution in [0.15, 0.2) is 54.2 Å². The number of hydrogen-bond acceptors (Lipinski definition) is 7. The van der Waals surface area contributed by atoms with Gasteiger partial charge in [0.2, 0.25) is 0 Å². The van der Waals surface area contributed by atoms with E-state index in [-0.39, 0.29) is 31.2 Å². The molecule has 0 fully saturated rings. The molecule has 3 N–H and O–H groups in total. The molecule has 1 aliphatic heterocycles. The lowest BCUT2D eigenvalue weighted by Gasteiger charge is -2.28. The van der Waals surface area contributed by atoms with E-state index in [1.54, 1.807) is 39.0 Å². The fourth-order valence-electron chi connectivity index (χ4n) is 3.12. The second kappa shape index (κ2) is 9.09. The van der Waals surface area contributed by atoms with Crippen molar-refractivity contribution in [2.24, 2.45) is 5.41 Å². The summed E-state index contributed by atoms with van der Waals surface area (Å²) in [6.45, 7) is 5.18. The summed E-state index contributed by atoms with van der Waals surface area (Å²) in [6.07, 6.45) is 0. The predicted molar refractivity (Wildman–Crippen MR) is 113 cm³/mol. The lowest BCUT2D eigenvalue weighted by Crippen LogP contribution is -2.43. The molecule has 0 bridgehead atoms. The average Bonchev–Trinajstić information content (AvgIpc) is 2.73. The fourth-order valence-corrected chi connectivity index (χ4v) is 3.12. The number of ether oxygens (including phenoxy) is 2. The van der Waals surface area contributed by atoms with Crippen LogP contribution < -0.4 is 10.1 Å². The first-order chi connectivity index (χ1) is 14.7. The van der Waals surface area contributed by atoms with Crippen molar-refractivity contribution >= 4 is 17.6 Å². The van der Waals surface area contributed by atoms with E-state index in [0.29, 0.717) is 27.7 Å². The Balaban J connectivity index is 1.77. The van der Waals surface area contributed by atoms with Crippen LogP contribution in [-0.4, -0.2) is 40.4 Å². The van der Waals surface area contributed by atoms with E-state index in [1.807, 2.05) is 30.3 Å². The Labute approximate surface area is 180 Å². The average molecular weight is 426 g/mol. The Morgan fingerprint density at radius 1 is 1.13 bits per heavy atom. The third-order valence-electron chi connectivity index (χ3n) is 4.85. The van der Waals surface area contributed by atoms with Gasteiger partial charge in [-0.05, 0) is 56.7 Å². The summed E-state index contributed by atoms with van der Waals surface area (Å²) in [6, 6.07) is 14.2. The first kappa shape index (κ1) is 22.2. The van der Waals surface area contributed by atoms with Crippen LogP contribution in [0.5, 0.6) is 11.5 Å². The zero-order valence-corrected chi connectivity index (χ0v) is 17.7. The van der Waals surface area contributed by atoms with E-state index in [0.717, 1.165) is 0 Å². The van der Waals surface area contributed by atoms with Gasteiger partial charge in [0.1, 0.15) is 11.5 Å². The number of carbonyl (C=O) groups excluding carboxylic acids is 2. The van der Waals surface area contributed by atoms with Gasteiger partial charge in [-0.3, -0.25) is 14.8 Å². The van der Waals surface area contributed by atoms with Gasteiger partial charge in [0, 0.05) is 12.1 Å². The summed E-state index contributed by atoms with van der Waals surface area (Å²) in [5.41, 5.74) is -0.237. The largest absolute Gasteiger partial charge is 0.505 e. The lowest BCUT2D eigenvalue weighted by atomic mass is 9.93. The highest BCUT2D eigenvalue weighted by molar-refractivity contribution is 6.00. The molecule has 1 aliphatic rings. The van der Waals surface area contributed by atoms with Gasteiger partial charge in [-0.2, -0.15) is 0 Å². The monoisotopic (exact) mass is 426 g/mol. The number of amides is 1. The molecule has 1 amide bonds. The summed E-state index contributed by atoms with van der Waals surface area (Å²) < 4.78 is 10.8. The van der Waals surface area contributed by atoms with Gasteiger partial charge in [0.25, 0.3) is 5.91 Å². The van der Waals surface area contributed by atoms with E-state index in [4.69, 9.17) is 9.47 Å². The molecule has 8 nitrogen and oxygen atoms in total. The quantitative estimate of drug-likeness (QED) is 0.580. The third kappa shape index (κ3) is 4.97. The summed E-state index contributed by atoms with van der Waals surface area (Å²) in [5, 5.41) is 24.3. The Bertz CT molecular complexity index is 1000. The minimum Gasteiger partial charge on any atom is -0.505 e. The van der Waals surface area contributed by atoms with Crippen LogP contribution in [0.3, 0.4) is 0 Å². The number of aliphatic hydroxyl groups is 1. The third-order valence-corrected chi connectivity index (χ3v) is 4.85. The second-order valence-corrected chi connectivity index (χ2v) is 7.78. The molecule has 8 heteroatoms. The zero-order valence-electron chi connectivity index (χ0n) is 17.7. The fraction of sp³-hybridized carbons (Fsp3) is 0.304. The van der Waals surface area contributed by atoms with Crippen LogP contribution in [0.1, 0.15) is 31.9 Å². The molecule has 164 valence electrons. The number of hydrogen-bond donors (Lipinski definition) is 3. The number of aliphatic hydroxyl groups excluding tert-OH is 1. The number of nitrogens with zero attached hydrogens (tertiary/aromatic N) is 1. The first-order valence-corrected chi connectivity index (χ1v) is 9.94. The van der Waals surface area contributed by atoms with Crippen molar-refractivity contribution in [3.05, 3.63) is 65.4 Å². The number of benzene rings is 2. The van der Waals surface area contributed by atoms with Crippen LogP contribution in [0.4, 0.5) is 0 Å². The highest BCUT2D eigenvalue weighted by Crippen LogP contribution is 2.33. The van der Waals surface area contributed by atoms with Gasteiger partial charge in [0.15, 0.2) is 11.5 Å². The SMILES string of the molecule is CCOC(=O)C(C)(C)CNC(=O)C1=C(O)c2ccc(Oc3ccccc3)cc2CN1O. The van der Waals surface area contributed by atoms with Gasteiger partial charge >= 0.3 is 5.97 Å². The van der Waals surface area contributed by atoms with Crippen LogP contribution >= 0.6 is 0 Å². The van der Waals surface area contributed by atoms with E-state index in [2.05, 4.69) is 5.32 Å². The molecule has 0 atom stereocenters. The standard InChI is InChI=1S/C23H26N2O6/c1-4-30-22(28)23(2,3)14-24-21(27)19-20(26)18-11-10-17(12-15(18)13-25(19)29)31-16-8-6-5-7-9-16/h5-12,26,29H,4,13-14H2,1-3H3,(H,24,27). The number of fused-ring (bicyclic) bond motifs is 1. The van der Waals surface area contributed by atoms with Crippen molar-refractivity contribution in [3.63, 3.8) is 0 Å². The molecule has 0 saturated heterocycles. The predicted octanol–water partition coefficient (Wildman–Crippen LogP) is 3.62. The molecule has 1 heterocycles. The van der Waals surface area contributed by atoms with E-state index >= 15 is 0 Å². The summed E-state index contributed by atoms with van der Waals surface area (Å²) in [5.74, 6) is -0.318. The maximum absolute atomic E-state index is 12.7. The molecule has 2 aromatic rings. The molecule has 0 unspecified atom stereocenters. The molecule has 3 rings (SSSR count). The number of rotatable bonds is 7. The van der Waals surface area contributed by atoms with Crippen molar-refractivity contribution in [1.82, 2.24) is 10.4 Å². The highest BCUT2D eigenvalue weighted by atomic mass is 16.5. The number of para-hydroxylation sites is 1. The lowest BCUT2D eigenvalue weighted by molar-refractivity contribution is -0.153. The van der Waals surface area contributed by atoms with Crippen LogP contribution in [0.2, 0.25) is 0 Å². The molecular formula is C23H26N2O6. The Morgan fingerprint density at radius 2 is 1.84 bits per heavy atom. The molecule has 0 aliphatic carbocycles. The number of nitrogens with one attached hydrogen (secondary N) is 1. The van der Waals surface area contributed by atoms with Crippen molar-refractivity contribution in [2.75, 3.05) is 13.2 Å². The Kier molecular flexibility index (Phi) is 6.50. The molecule has 0 aromatic heterocycles. The van der Waals surface area contributed by atoms with Crippen molar-refractivity contribution in [2.45, 2.75) is 27.3 Å². The van der Waals surface area contributed by atoms with Crippen LogP contribution in [-0.2, 0) is 20.9 Å². The maximum atomic E-state index is 12.7. The van der Waals surface area contributed by atoms with Crippen molar-refractivity contribution in [1.29, 1.82) is 0 Å². The van der Waals surface area contributed by atoms with Gasteiger partial charge in [0.05, 0.1) is 18.6 Å². The van der Waals surface area contributed by atoms with E-state index < -0.39 is 17.3 Å². The van der Waals surface area contributed by atoms with E-state index in [1.165, 1.54) is 0 Å². The molecule has 0 radical (unpaired) electrons. The maximum Gasteiger partial charge on any atom is 0.313 e. The smallest absolute Gasteiger partial charge is 0.313 e. The van der Waals surface area contributed by atoms with Gasteiger partial charge in [-0.15, -0.1) is 0 Å². The molecule has 2 aromatic carbocycles. The second-order valence-electron chi connectivity index (χ2n) is 7.78. The molecule has 31 heavy (non-hydrogen) atoms. The Hall–Kier alpha value is -3.52. The number of hydroxylamine groups is 2. The minimum absolute atomic E-state index is 0.0184. The Morgan fingerprint density at radius 3 is 2.52 bits per heavy atom. The van der Waals surface area contributed by atoms with Gasteiger partial charge in [-0.1, -0.05) is 18.2 Å². The van der Waals surface area contributed by atoms with Crippen molar-refractivity contribution < 1.29 is 29.4 Å². The molecule has 0 saturated carbocycles. The summed E-state index contributed by atoms with van der Waals surface area (Å²) >= 11 is 0. The van der Waals surface area contributed by atoms with Crippen molar-refractivity contribution in [3.8, 4) is 11.5 Å².